The Morgan fingerprint density at radius 3 is 2.62 bits per heavy atom. The zero-order chi connectivity index (χ0) is 14.8. The molecule has 1 aliphatic carbocycles. The first-order valence-electron chi connectivity index (χ1n) is 7.27. The molecule has 1 heterocycles. The van der Waals surface area contributed by atoms with Crippen LogP contribution in [0.2, 0.25) is 0 Å². The molecule has 0 radical (unpaired) electrons. The smallest absolute Gasteiger partial charge is 0.248 e. The molecule has 2 atom stereocenters. The van der Waals surface area contributed by atoms with Gasteiger partial charge in [-0.1, -0.05) is 24.6 Å². The highest BCUT2D eigenvalue weighted by molar-refractivity contribution is 6.01. The van der Waals surface area contributed by atoms with Crippen molar-refractivity contribution < 1.29 is 9.21 Å². The van der Waals surface area contributed by atoms with Crippen molar-refractivity contribution in [3.63, 3.8) is 0 Å². The normalized spacial score (nSPS) is 20.7. The molecule has 1 fully saturated rings. The standard InChI is InChI=1S/C18H19NO2/c1-12-3-5-14(6-4-12)19-18(20)10-8-15-7-9-17(21-15)16-11-13(16)2/h3-10,13,16H,11H2,1-2H3,(H,19,20). The molecule has 3 nitrogen and oxygen atoms in total. The maximum atomic E-state index is 11.8. The van der Waals surface area contributed by atoms with Gasteiger partial charge in [-0.25, -0.2) is 0 Å². The van der Waals surface area contributed by atoms with E-state index in [2.05, 4.69) is 12.2 Å². The fraction of sp³-hybridized carbons (Fsp3) is 0.278. The highest BCUT2D eigenvalue weighted by atomic mass is 16.3. The number of amides is 1. The van der Waals surface area contributed by atoms with E-state index in [9.17, 15) is 4.79 Å². The number of carbonyl (C=O) groups excluding carboxylic acids is 1. The zero-order valence-electron chi connectivity index (χ0n) is 12.3. The van der Waals surface area contributed by atoms with Gasteiger partial charge in [0.15, 0.2) is 0 Å². The number of hydrogen-bond acceptors (Lipinski definition) is 2. The van der Waals surface area contributed by atoms with Crippen LogP contribution in [0, 0.1) is 12.8 Å². The van der Waals surface area contributed by atoms with Gasteiger partial charge < -0.3 is 9.73 Å². The van der Waals surface area contributed by atoms with Crippen molar-refractivity contribution in [2.45, 2.75) is 26.2 Å². The Morgan fingerprint density at radius 2 is 1.95 bits per heavy atom. The van der Waals surface area contributed by atoms with E-state index in [0.717, 1.165) is 23.1 Å². The summed E-state index contributed by atoms with van der Waals surface area (Å²) in [5.74, 6) is 2.88. The molecule has 108 valence electrons. The van der Waals surface area contributed by atoms with Gasteiger partial charge >= 0.3 is 0 Å². The van der Waals surface area contributed by atoms with E-state index >= 15 is 0 Å². The van der Waals surface area contributed by atoms with Crippen LogP contribution in [0.25, 0.3) is 6.08 Å². The van der Waals surface area contributed by atoms with Gasteiger partial charge in [0.1, 0.15) is 11.5 Å². The number of nitrogens with one attached hydrogen (secondary N) is 1. The van der Waals surface area contributed by atoms with Gasteiger partial charge in [-0.3, -0.25) is 4.79 Å². The van der Waals surface area contributed by atoms with E-state index in [0.29, 0.717) is 5.92 Å². The van der Waals surface area contributed by atoms with Crippen LogP contribution in [0.4, 0.5) is 5.69 Å². The summed E-state index contributed by atoms with van der Waals surface area (Å²) in [5.41, 5.74) is 1.96. The molecular weight excluding hydrogens is 262 g/mol. The van der Waals surface area contributed by atoms with E-state index in [1.54, 1.807) is 6.08 Å². The molecule has 1 aromatic heterocycles. The molecule has 1 amide bonds. The summed E-state index contributed by atoms with van der Waals surface area (Å²) in [6.45, 7) is 4.23. The molecule has 0 bridgehead atoms. The third-order valence-electron chi connectivity index (χ3n) is 3.84. The van der Waals surface area contributed by atoms with E-state index < -0.39 is 0 Å². The lowest BCUT2D eigenvalue weighted by molar-refractivity contribution is -0.111. The molecule has 0 spiro atoms. The van der Waals surface area contributed by atoms with Crippen molar-refractivity contribution in [3.05, 3.63) is 59.6 Å². The van der Waals surface area contributed by atoms with Crippen LogP contribution in [0.1, 0.15) is 36.3 Å². The van der Waals surface area contributed by atoms with Crippen molar-refractivity contribution >= 4 is 17.7 Å². The first kappa shape index (κ1) is 13.7. The first-order chi connectivity index (χ1) is 10.1. The summed E-state index contributed by atoms with van der Waals surface area (Å²) in [6, 6.07) is 11.6. The quantitative estimate of drug-likeness (QED) is 0.846. The summed E-state index contributed by atoms with van der Waals surface area (Å²) in [6.07, 6.45) is 4.41. The molecular formula is C18H19NO2. The number of benzene rings is 1. The third kappa shape index (κ3) is 3.43. The lowest BCUT2D eigenvalue weighted by Gasteiger charge is -2.01. The van der Waals surface area contributed by atoms with Gasteiger partial charge in [0.25, 0.3) is 0 Å². The fourth-order valence-electron chi connectivity index (χ4n) is 2.35. The molecule has 1 aliphatic rings. The zero-order valence-corrected chi connectivity index (χ0v) is 12.3. The fourth-order valence-corrected chi connectivity index (χ4v) is 2.35. The van der Waals surface area contributed by atoms with Crippen LogP contribution >= 0.6 is 0 Å². The van der Waals surface area contributed by atoms with Gasteiger partial charge in [0.05, 0.1) is 0 Å². The lowest BCUT2D eigenvalue weighted by atomic mass is 10.2. The van der Waals surface area contributed by atoms with E-state index in [1.165, 1.54) is 18.1 Å². The van der Waals surface area contributed by atoms with Crippen LogP contribution in [0.15, 0.2) is 46.9 Å². The van der Waals surface area contributed by atoms with Crippen LogP contribution in [-0.4, -0.2) is 5.91 Å². The van der Waals surface area contributed by atoms with Gasteiger partial charge in [0.2, 0.25) is 5.91 Å². The Hall–Kier alpha value is -2.29. The third-order valence-corrected chi connectivity index (χ3v) is 3.84. The SMILES string of the molecule is Cc1ccc(NC(=O)C=Cc2ccc(C3CC3C)o2)cc1. The number of furan rings is 1. The molecule has 1 N–H and O–H groups in total. The number of rotatable bonds is 4. The summed E-state index contributed by atoms with van der Waals surface area (Å²) in [5, 5.41) is 2.82. The highest BCUT2D eigenvalue weighted by Crippen LogP contribution is 2.47. The van der Waals surface area contributed by atoms with E-state index in [-0.39, 0.29) is 5.91 Å². The number of hydrogen-bond donors (Lipinski definition) is 1. The number of carbonyl (C=O) groups is 1. The van der Waals surface area contributed by atoms with Crippen LogP contribution in [-0.2, 0) is 4.79 Å². The minimum atomic E-state index is -0.156. The second kappa shape index (κ2) is 5.60. The van der Waals surface area contributed by atoms with Crippen molar-refractivity contribution in [2.75, 3.05) is 5.32 Å². The van der Waals surface area contributed by atoms with Crippen LogP contribution in [0.3, 0.4) is 0 Å². The van der Waals surface area contributed by atoms with Gasteiger partial charge in [-0.2, -0.15) is 0 Å². The molecule has 0 aliphatic heterocycles. The Labute approximate surface area is 124 Å². The second-order valence-electron chi connectivity index (χ2n) is 5.75. The van der Waals surface area contributed by atoms with Crippen molar-refractivity contribution in [2.24, 2.45) is 5.92 Å². The maximum absolute atomic E-state index is 11.8. The van der Waals surface area contributed by atoms with Gasteiger partial charge in [-0.15, -0.1) is 0 Å². The van der Waals surface area contributed by atoms with Crippen LogP contribution < -0.4 is 5.32 Å². The van der Waals surface area contributed by atoms with E-state index in [1.807, 2.05) is 43.3 Å². The largest absolute Gasteiger partial charge is 0.461 e. The Morgan fingerprint density at radius 1 is 1.24 bits per heavy atom. The highest BCUT2D eigenvalue weighted by Gasteiger charge is 2.36. The lowest BCUT2D eigenvalue weighted by Crippen LogP contribution is -2.07. The molecule has 1 saturated carbocycles. The Kier molecular flexibility index (Phi) is 3.65. The first-order valence-corrected chi connectivity index (χ1v) is 7.27. The summed E-state index contributed by atoms with van der Waals surface area (Å²) in [4.78, 5) is 11.8. The average Bonchev–Trinajstić information content (AvgIpc) is 3.01. The average molecular weight is 281 g/mol. The summed E-state index contributed by atoms with van der Waals surface area (Å²) >= 11 is 0. The number of aryl methyl sites for hydroxylation is 1. The summed E-state index contributed by atoms with van der Waals surface area (Å²) < 4.78 is 5.73. The van der Waals surface area contributed by atoms with Crippen molar-refractivity contribution in [1.29, 1.82) is 0 Å². The van der Waals surface area contributed by atoms with Gasteiger partial charge in [0, 0.05) is 17.7 Å². The molecule has 2 unspecified atom stereocenters. The predicted molar refractivity (Wildman–Crippen MR) is 84.1 cm³/mol. The topological polar surface area (TPSA) is 42.2 Å². The van der Waals surface area contributed by atoms with Crippen molar-refractivity contribution in [1.82, 2.24) is 0 Å². The molecule has 21 heavy (non-hydrogen) atoms. The predicted octanol–water partition coefficient (Wildman–Crippen LogP) is 4.36. The monoisotopic (exact) mass is 281 g/mol. The molecule has 0 saturated heterocycles. The number of anilines is 1. The minimum Gasteiger partial charge on any atom is -0.461 e. The molecule has 2 aromatic rings. The molecule has 3 rings (SSSR count). The van der Waals surface area contributed by atoms with Gasteiger partial charge in [-0.05, 0) is 49.6 Å². The van der Waals surface area contributed by atoms with Crippen LogP contribution in [0.5, 0.6) is 0 Å². The Balaban J connectivity index is 1.58. The molecule has 3 heteroatoms. The Bertz CT molecular complexity index is 667. The summed E-state index contributed by atoms with van der Waals surface area (Å²) in [7, 11) is 0. The maximum Gasteiger partial charge on any atom is 0.248 e. The minimum absolute atomic E-state index is 0.156. The van der Waals surface area contributed by atoms with Crippen molar-refractivity contribution in [3.8, 4) is 0 Å². The molecule has 1 aromatic carbocycles. The van der Waals surface area contributed by atoms with E-state index in [4.69, 9.17) is 4.42 Å². The second-order valence-corrected chi connectivity index (χ2v) is 5.75.